The lowest BCUT2D eigenvalue weighted by Gasteiger charge is -2.59. The van der Waals surface area contributed by atoms with Gasteiger partial charge in [0.05, 0.1) is 0 Å². The third kappa shape index (κ3) is 2.54. The molecule has 0 aromatic heterocycles. The van der Waals surface area contributed by atoms with Crippen molar-refractivity contribution in [1.29, 1.82) is 0 Å². The van der Waals surface area contributed by atoms with E-state index in [1.54, 1.807) is 0 Å². The number of hydrogen-bond acceptors (Lipinski definition) is 2. The number of thioether (sulfide) groups is 1. The molecule has 0 heterocycles. The van der Waals surface area contributed by atoms with E-state index in [9.17, 15) is 4.79 Å². The molecule has 3 rings (SSSR count). The Balaban J connectivity index is 1.83. The van der Waals surface area contributed by atoms with E-state index in [1.165, 1.54) is 24.2 Å². The molecule has 2 aliphatic rings. The summed E-state index contributed by atoms with van der Waals surface area (Å²) in [6, 6.07) is 10.5. The fourth-order valence-electron chi connectivity index (χ4n) is 4.93. The number of Topliss-reactive ketones (excluding diaryl/α,β-unsaturated/α-hetero) is 1. The van der Waals surface area contributed by atoms with Crippen LogP contribution in [-0.2, 0) is 4.79 Å². The van der Waals surface area contributed by atoms with E-state index in [2.05, 4.69) is 51.1 Å². The van der Waals surface area contributed by atoms with Gasteiger partial charge in [-0.15, -0.1) is 11.8 Å². The molecule has 4 atom stereocenters. The summed E-state index contributed by atoms with van der Waals surface area (Å²) in [5.74, 6) is 2.42. The van der Waals surface area contributed by atoms with Gasteiger partial charge in [0.15, 0.2) is 0 Å². The molecule has 2 heteroatoms. The highest BCUT2D eigenvalue weighted by atomic mass is 32.2. The summed E-state index contributed by atoms with van der Waals surface area (Å²) in [5.41, 5.74) is 0.517. The summed E-state index contributed by atoms with van der Waals surface area (Å²) >= 11 is 1.86. The van der Waals surface area contributed by atoms with E-state index in [0.29, 0.717) is 11.2 Å². The van der Waals surface area contributed by atoms with Crippen molar-refractivity contribution in [3.63, 3.8) is 0 Å². The van der Waals surface area contributed by atoms with Gasteiger partial charge in [0.2, 0.25) is 0 Å². The molecule has 120 valence electrons. The topological polar surface area (TPSA) is 17.1 Å². The lowest BCUT2D eigenvalue weighted by atomic mass is 9.45. The van der Waals surface area contributed by atoms with Gasteiger partial charge in [0.1, 0.15) is 5.78 Å². The van der Waals surface area contributed by atoms with E-state index in [1.807, 2.05) is 11.8 Å². The lowest BCUT2D eigenvalue weighted by Crippen LogP contribution is -2.56. The predicted molar refractivity (Wildman–Crippen MR) is 94.1 cm³/mol. The van der Waals surface area contributed by atoms with Crippen LogP contribution in [0.5, 0.6) is 0 Å². The summed E-state index contributed by atoms with van der Waals surface area (Å²) in [4.78, 5) is 14.0. The minimum Gasteiger partial charge on any atom is -0.299 e. The average Bonchev–Trinajstić information content (AvgIpc) is 2.51. The van der Waals surface area contributed by atoms with Crippen LogP contribution in [0.4, 0.5) is 0 Å². The second-order valence-corrected chi connectivity index (χ2v) is 8.86. The molecule has 0 spiro atoms. The van der Waals surface area contributed by atoms with Gasteiger partial charge in [-0.2, -0.15) is 0 Å². The highest BCUT2D eigenvalue weighted by Crippen LogP contribution is 2.62. The molecule has 1 aromatic carbocycles. The maximum Gasteiger partial charge on any atom is 0.137 e. The van der Waals surface area contributed by atoms with Gasteiger partial charge in [-0.05, 0) is 41.7 Å². The van der Waals surface area contributed by atoms with Crippen molar-refractivity contribution in [2.75, 3.05) is 5.75 Å². The zero-order chi connectivity index (χ0) is 15.8. The van der Waals surface area contributed by atoms with Crippen molar-refractivity contribution >= 4 is 17.5 Å². The Kier molecular flexibility index (Phi) is 4.42. The fourth-order valence-corrected chi connectivity index (χ4v) is 6.19. The van der Waals surface area contributed by atoms with Crippen LogP contribution in [0.25, 0.3) is 0 Å². The number of benzene rings is 1. The van der Waals surface area contributed by atoms with Crippen LogP contribution in [0.3, 0.4) is 0 Å². The van der Waals surface area contributed by atoms with Crippen LogP contribution >= 0.6 is 11.8 Å². The Bertz CT molecular complexity index is 540. The Hall–Kier alpha value is -0.760. The normalized spacial score (nSPS) is 38.6. The molecular weight excluding hydrogens is 288 g/mol. The highest BCUT2D eigenvalue weighted by Gasteiger charge is 2.57. The van der Waals surface area contributed by atoms with Gasteiger partial charge in [0.25, 0.3) is 0 Å². The molecule has 2 fully saturated rings. The van der Waals surface area contributed by atoms with Crippen LogP contribution in [0, 0.1) is 22.7 Å². The third-order valence-corrected chi connectivity index (χ3v) is 8.04. The monoisotopic (exact) mass is 316 g/mol. The molecule has 0 bridgehead atoms. The second kappa shape index (κ2) is 6.03. The van der Waals surface area contributed by atoms with Gasteiger partial charge in [-0.3, -0.25) is 4.79 Å². The van der Waals surface area contributed by atoms with Crippen molar-refractivity contribution in [1.82, 2.24) is 0 Å². The summed E-state index contributed by atoms with van der Waals surface area (Å²) in [5, 5.41) is 0. The van der Waals surface area contributed by atoms with Crippen LogP contribution in [0.15, 0.2) is 35.2 Å². The van der Waals surface area contributed by atoms with Crippen LogP contribution in [0.1, 0.15) is 52.9 Å². The standard InChI is InChI=1S/C20H28OS/c1-15-8-7-12-20(3)17(18(21)11-13-19(15,20)2)14-22-16-9-5-4-6-10-16/h4-6,9-10,15,17H,7-8,11-14H2,1-3H3/t15-,17-,19+,20+/m1/s1. The van der Waals surface area contributed by atoms with E-state index < -0.39 is 0 Å². The molecule has 2 saturated carbocycles. The van der Waals surface area contributed by atoms with E-state index in [0.717, 1.165) is 24.5 Å². The molecule has 1 nitrogen and oxygen atoms in total. The van der Waals surface area contributed by atoms with Crippen molar-refractivity contribution in [2.45, 2.75) is 57.8 Å². The number of carbonyl (C=O) groups excluding carboxylic acids is 1. The molecule has 0 amide bonds. The first-order valence-electron chi connectivity index (χ1n) is 8.68. The quantitative estimate of drug-likeness (QED) is 0.676. The minimum absolute atomic E-state index is 0.182. The molecule has 0 saturated heterocycles. The predicted octanol–water partition coefficient (Wildman–Crippen LogP) is 5.59. The van der Waals surface area contributed by atoms with E-state index >= 15 is 0 Å². The first kappa shape index (κ1) is 16.1. The summed E-state index contributed by atoms with van der Waals surface area (Å²) in [7, 11) is 0. The molecule has 2 aliphatic carbocycles. The molecule has 0 radical (unpaired) electrons. The zero-order valence-corrected chi connectivity index (χ0v) is 14.9. The number of fused-ring (bicyclic) bond motifs is 1. The summed E-state index contributed by atoms with van der Waals surface area (Å²) in [6.45, 7) is 7.29. The fraction of sp³-hybridized carbons (Fsp3) is 0.650. The first-order valence-corrected chi connectivity index (χ1v) is 9.66. The van der Waals surface area contributed by atoms with Crippen molar-refractivity contribution in [3.8, 4) is 0 Å². The third-order valence-electron chi connectivity index (χ3n) is 6.93. The maximum absolute atomic E-state index is 12.7. The Morgan fingerprint density at radius 2 is 1.86 bits per heavy atom. The van der Waals surface area contributed by atoms with Crippen molar-refractivity contribution in [3.05, 3.63) is 30.3 Å². The molecular formula is C20H28OS. The van der Waals surface area contributed by atoms with Crippen molar-refractivity contribution < 1.29 is 4.79 Å². The molecule has 22 heavy (non-hydrogen) atoms. The SMILES string of the molecule is C[C@@H]1CCC[C@@]2(C)[C@H](CSc3ccccc3)C(=O)CC[C@@]12C. The smallest absolute Gasteiger partial charge is 0.137 e. The largest absolute Gasteiger partial charge is 0.299 e. The number of rotatable bonds is 3. The first-order chi connectivity index (χ1) is 10.5. The summed E-state index contributed by atoms with van der Waals surface area (Å²) in [6.07, 6.45) is 5.72. The Morgan fingerprint density at radius 3 is 2.59 bits per heavy atom. The van der Waals surface area contributed by atoms with Gasteiger partial charge >= 0.3 is 0 Å². The van der Waals surface area contributed by atoms with E-state index in [-0.39, 0.29) is 11.3 Å². The van der Waals surface area contributed by atoms with Gasteiger partial charge < -0.3 is 0 Å². The van der Waals surface area contributed by atoms with Gasteiger partial charge in [0, 0.05) is 23.0 Å². The number of hydrogen-bond donors (Lipinski definition) is 0. The number of ketones is 1. The second-order valence-electron chi connectivity index (χ2n) is 7.77. The minimum atomic E-state index is 0.182. The van der Waals surface area contributed by atoms with Crippen LogP contribution in [-0.4, -0.2) is 11.5 Å². The molecule has 1 aromatic rings. The zero-order valence-electron chi connectivity index (χ0n) is 14.1. The number of carbonyl (C=O) groups is 1. The van der Waals surface area contributed by atoms with Gasteiger partial charge in [-0.25, -0.2) is 0 Å². The molecule has 0 N–H and O–H groups in total. The van der Waals surface area contributed by atoms with E-state index in [4.69, 9.17) is 0 Å². The van der Waals surface area contributed by atoms with Crippen LogP contribution < -0.4 is 0 Å². The highest BCUT2D eigenvalue weighted by molar-refractivity contribution is 7.99. The van der Waals surface area contributed by atoms with Crippen LogP contribution in [0.2, 0.25) is 0 Å². The Morgan fingerprint density at radius 1 is 1.14 bits per heavy atom. The Labute approximate surface area is 139 Å². The van der Waals surface area contributed by atoms with Crippen molar-refractivity contribution in [2.24, 2.45) is 22.7 Å². The lowest BCUT2D eigenvalue weighted by molar-refractivity contribution is -0.149. The average molecular weight is 317 g/mol. The molecule has 0 unspecified atom stereocenters. The van der Waals surface area contributed by atoms with Gasteiger partial charge in [-0.1, -0.05) is 51.8 Å². The molecule has 0 aliphatic heterocycles. The maximum atomic E-state index is 12.7. The summed E-state index contributed by atoms with van der Waals surface area (Å²) < 4.78 is 0.